The fraction of sp³-hybridized carbons (Fsp3) is 0.462. The van der Waals surface area contributed by atoms with Crippen LogP contribution in [0.4, 0.5) is 0 Å². The van der Waals surface area contributed by atoms with Crippen LogP contribution in [-0.2, 0) is 15.8 Å². The van der Waals surface area contributed by atoms with E-state index in [1.807, 2.05) is 6.07 Å². The van der Waals surface area contributed by atoms with Gasteiger partial charge in [-0.2, -0.15) is 5.26 Å². The minimum absolute atomic E-state index is 0. The molecule has 1 unspecified atom stereocenters. The monoisotopic (exact) mass is 315 g/mol. The van der Waals surface area contributed by atoms with Gasteiger partial charge in [0.25, 0.3) is 0 Å². The van der Waals surface area contributed by atoms with Gasteiger partial charge in [0.2, 0.25) is 10.0 Å². The van der Waals surface area contributed by atoms with Crippen molar-refractivity contribution in [1.82, 2.24) is 10.0 Å². The van der Waals surface area contributed by atoms with E-state index >= 15 is 0 Å². The van der Waals surface area contributed by atoms with Crippen LogP contribution in [0.3, 0.4) is 0 Å². The lowest BCUT2D eigenvalue weighted by Crippen LogP contribution is -2.37. The first-order valence-electron chi connectivity index (χ1n) is 6.29. The molecule has 0 aliphatic carbocycles. The van der Waals surface area contributed by atoms with Crippen LogP contribution in [-0.4, -0.2) is 27.5 Å². The molecule has 1 aromatic carbocycles. The lowest BCUT2D eigenvalue weighted by atomic mass is 10.2. The highest BCUT2D eigenvalue weighted by molar-refractivity contribution is 7.88. The molecule has 20 heavy (non-hydrogen) atoms. The second kappa shape index (κ2) is 7.60. The zero-order valence-electron chi connectivity index (χ0n) is 11.0. The Morgan fingerprint density at radius 2 is 2.25 bits per heavy atom. The summed E-state index contributed by atoms with van der Waals surface area (Å²) in [6.07, 6.45) is 2.10. The van der Waals surface area contributed by atoms with Crippen molar-refractivity contribution in [2.45, 2.75) is 24.6 Å². The summed E-state index contributed by atoms with van der Waals surface area (Å²) in [6, 6.07) is 8.92. The fourth-order valence-electron chi connectivity index (χ4n) is 2.16. The molecule has 0 bridgehead atoms. The predicted molar refractivity (Wildman–Crippen MR) is 80.1 cm³/mol. The Balaban J connectivity index is 0.00000200. The predicted octanol–water partition coefficient (Wildman–Crippen LogP) is 1.15. The van der Waals surface area contributed by atoms with Crippen molar-refractivity contribution in [2.24, 2.45) is 0 Å². The number of sulfonamides is 1. The first kappa shape index (κ1) is 16.9. The minimum atomic E-state index is -3.35. The summed E-state index contributed by atoms with van der Waals surface area (Å²) in [5.41, 5.74) is 1.11. The summed E-state index contributed by atoms with van der Waals surface area (Å²) < 4.78 is 26.5. The van der Waals surface area contributed by atoms with E-state index in [4.69, 9.17) is 5.26 Å². The van der Waals surface area contributed by atoms with Crippen LogP contribution in [0.25, 0.3) is 0 Å². The van der Waals surface area contributed by atoms with Gasteiger partial charge in [0.1, 0.15) is 0 Å². The second-order valence-electron chi connectivity index (χ2n) is 4.71. The van der Waals surface area contributed by atoms with E-state index in [2.05, 4.69) is 10.0 Å². The first-order chi connectivity index (χ1) is 9.09. The molecule has 2 rings (SSSR count). The van der Waals surface area contributed by atoms with Crippen LogP contribution in [0.5, 0.6) is 0 Å². The van der Waals surface area contributed by atoms with E-state index in [0.717, 1.165) is 19.4 Å². The number of rotatable bonds is 5. The lowest BCUT2D eigenvalue weighted by Gasteiger charge is -2.12. The van der Waals surface area contributed by atoms with Crippen LogP contribution in [0, 0.1) is 11.3 Å². The van der Waals surface area contributed by atoms with Gasteiger partial charge in [-0.15, -0.1) is 12.4 Å². The van der Waals surface area contributed by atoms with E-state index in [0.29, 0.717) is 17.7 Å². The number of halogens is 1. The number of nitrogens with one attached hydrogen (secondary N) is 2. The van der Waals surface area contributed by atoms with Crippen LogP contribution < -0.4 is 10.0 Å². The Bertz CT molecular complexity index is 578. The Kier molecular flexibility index (Phi) is 6.43. The van der Waals surface area contributed by atoms with Gasteiger partial charge in [0.15, 0.2) is 0 Å². The number of nitrogens with zero attached hydrogens (tertiary/aromatic N) is 1. The van der Waals surface area contributed by atoms with Gasteiger partial charge < -0.3 is 5.32 Å². The van der Waals surface area contributed by atoms with Crippen molar-refractivity contribution in [2.75, 3.05) is 13.1 Å². The van der Waals surface area contributed by atoms with E-state index in [1.54, 1.807) is 24.3 Å². The molecule has 5 nitrogen and oxygen atoms in total. The van der Waals surface area contributed by atoms with Crippen LogP contribution in [0.15, 0.2) is 24.3 Å². The average Bonchev–Trinajstić information content (AvgIpc) is 2.89. The SMILES string of the molecule is Cl.N#Cc1cccc(CS(=O)(=O)NCC2CCCN2)c1. The second-order valence-corrected chi connectivity index (χ2v) is 6.52. The van der Waals surface area contributed by atoms with Gasteiger partial charge in [-0.3, -0.25) is 0 Å². The number of hydrogen-bond donors (Lipinski definition) is 2. The molecule has 1 heterocycles. The molecule has 1 aromatic rings. The third-order valence-electron chi connectivity index (χ3n) is 3.12. The normalized spacial score (nSPS) is 18.2. The number of benzene rings is 1. The van der Waals surface area contributed by atoms with Gasteiger partial charge in [0, 0.05) is 12.6 Å². The van der Waals surface area contributed by atoms with E-state index < -0.39 is 10.0 Å². The maximum atomic E-state index is 11.9. The van der Waals surface area contributed by atoms with Crippen molar-refractivity contribution in [3.63, 3.8) is 0 Å². The first-order valence-corrected chi connectivity index (χ1v) is 7.94. The molecule has 110 valence electrons. The Morgan fingerprint density at radius 3 is 2.90 bits per heavy atom. The van der Waals surface area contributed by atoms with Crippen molar-refractivity contribution in [3.05, 3.63) is 35.4 Å². The molecule has 1 atom stereocenters. The third-order valence-corrected chi connectivity index (χ3v) is 4.44. The van der Waals surface area contributed by atoms with Gasteiger partial charge in [0.05, 0.1) is 17.4 Å². The molecule has 0 spiro atoms. The van der Waals surface area contributed by atoms with Crippen molar-refractivity contribution in [1.29, 1.82) is 5.26 Å². The molecule has 0 amide bonds. The van der Waals surface area contributed by atoms with Crippen LogP contribution >= 0.6 is 12.4 Å². The molecule has 7 heteroatoms. The topological polar surface area (TPSA) is 82.0 Å². The van der Waals surface area contributed by atoms with Gasteiger partial charge in [-0.25, -0.2) is 13.1 Å². The smallest absolute Gasteiger partial charge is 0.215 e. The summed E-state index contributed by atoms with van der Waals surface area (Å²) in [6.45, 7) is 1.39. The zero-order chi connectivity index (χ0) is 13.7. The molecular weight excluding hydrogens is 298 g/mol. The summed E-state index contributed by atoms with van der Waals surface area (Å²) in [5, 5.41) is 12.0. The van der Waals surface area contributed by atoms with Crippen molar-refractivity contribution >= 4 is 22.4 Å². The molecule has 0 saturated carbocycles. The summed E-state index contributed by atoms with van der Waals surface area (Å²) in [7, 11) is -3.35. The van der Waals surface area contributed by atoms with Gasteiger partial charge >= 0.3 is 0 Å². The van der Waals surface area contributed by atoms with Crippen molar-refractivity contribution < 1.29 is 8.42 Å². The minimum Gasteiger partial charge on any atom is -0.313 e. The highest BCUT2D eigenvalue weighted by atomic mass is 35.5. The Labute approximate surface area is 125 Å². The number of nitriles is 1. The molecular formula is C13H18ClN3O2S. The highest BCUT2D eigenvalue weighted by Gasteiger charge is 2.18. The highest BCUT2D eigenvalue weighted by Crippen LogP contribution is 2.09. The van der Waals surface area contributed by atoms with Crippen LogP contribution in [0.1, 0.15) is 24.0 Å². The molecule has 0 radical (unpaired) electrons. The van der Waals surface area contributed by atoms with Gasteiger partial charge in [-0.05, 0) is 37.1 Å². The molecule has 1 aliphatic heterocycles. The van der Waals surface area contributed by atoms with Crippen LogP contribution in [0.2, 0.25) is 0 Å². The maximum absolute atomic E-state index is 11.9. The molecule has 1 saturated heterocycles. The summed E-state index contributed by atoms with van der Waals surface area (Å²) in [5.74, 6) is -0.0881. The van der Waals surface area contributed by atoms with Crippen molar-refractivity contribution in [3.8, 4) is 6.07 Å². The summed E-state index contributed by atoms with van der Waals surface area (Å²) in [4.78, 5) is 0. The van der Waals surface area contributed by atoms with Gasteiger partial charge in [-0.1, -0.05) is 12.1 Å². The molecule has 1 fully saturated rings. The molecule has 1 aliphatic rings. The third kappa shape index (κ3) is 5.10. The van der Waals surface area contributed by atoms with E-state index in [-0.39, 0.29) is 24.2 Å². The maximum Gasteiger partial charge on any atom is 0.215 e. The fourth-order valence-corrected chi connectivity index (χ4v) is 3.34. The molecule has 2 N–H and O–H groups in total. The van der Waals surface area contributed by atoms with E-state index in [1.165, 1.54) is 0 Å². The molecule has 0 aromatic heterocycles. The quantitative estimate of drug-likeness (QED) is 0.854. The lowest BCUT2D eigenvalue weighted by molar-refractivity contribution is 0.551. The largest absolute Gasteiger partial charge is 0.313 e. The zero-order valence-corrected chi connectivity index (χ0v) is 12.6. The number of hydrogen-bond acceptors (Lipinski definition) is 4. The Hall–Kier alpha value is -1.13. The summed E-state index contributed by atoms with van der Waals surface area (Å²) >= 11 is 0. The Morgan fingerprint density at radius 1 is 1.45 bits per heavy atom. The standard InChI is InChI=1S/C13H17N3O2S.ClH/c14-8-11-3-1-4-12(7-11)10-19(17,18)16-9-13-5-2-6-15-13;/h1,3-4,7,13,15-16H,2,5-6,9-10H2;1H. The van der Waals surface area contributed by atoms with E-state index in [9.17, 15) is 8.42 Å². The average molecular weight is 316 g/mol.